The molecule has 4 rings (SSSR count). The summed E-state index contributed by atoms with van der Waals surface area (Å²) < 4.78 is 1.96. The lowest BCUT2D eigenvalue weighted by Gasteiger charge is -2.27. The molecule has 1 N–H and O–H groups in total. The molecule has 26 heavy (non-hydrogen) atoms. The maximum Gasteiger partial charge on any atom is 0.221 e. The number of azo groups is 1. The summed E-state index contributed by atoms with van der Waals surface area (Å²) in [5, 5.41) is 20.9. The van der Waals surface area contributed by atoms with Crippen LogP contribution in [-0.2, 0) is 0 Å². The zero-order valence-corrected chi connectivity index (χ0v) is 16.3. The minimum Gasteiger partial charge on any atom is -0.493 e. The summed E-state index contributed by atoms with van der Waals surface area (Å²) >= 11 is 8.05. The molecular formula is C20H20ClN3OS. The van der Waals surface area contributed by atoms with Gasteiger partial charge in [-0.2, -0.15) is 16.9 Å². The summed E-state index contributed by atoms with van der Waals surface area (Å²) in [6, 6.07) is 13.9. The Labute approximate surface area is 161 Å². The van der Waals surface area contributed by atoms with Crippen LogP contribution in [0.25, 0.3) is 10.9 Å². The Bertz CT molecular complexity index is 975. The fourth-order valence-electron chi connectivity index (χ4n) is 3.13. The molecule has 2 heterocycles. The molecule has 0 saturated carbocycles. The molecule has 0 spiro atoms. The number of benzene rings is 2. The molecule has 0 amide bonds. The van der Waals surface area contributed by atoms with E-state index in [1.54, 1.807) is 0 Å². The Kier molecular flexibility index (Phi) is 4.67. The summed E-state index contributed by atoms with van der Waals surface area (Å²) in [5.41, 5.74) is 3.45. The third-order valence-corrected chi connectivity index (χ3v) is 6.20. The van der Waals surface area contributed by atoms with Gasteiger partial charge < -0.3 is 9.67 Å². The molecule has 4 nitrogen and oxygen atoms in total. The summed E-state index contributed by atoms with van der Waals surface area (Å²) in [5.74, 6) is 2.63. The second kappa shape index (κ2) is 6.97. The third-order valence-electron chi connectivity index (χ3n) is 4.72. The van der Waals surface area contributed by atoms with Gasteiger partial charge in [0.25, 0.3) is 0 Å². The Balaban J connectivity index is 1.75. The van der Waals surface area contributed by atoms with Crippen LogP contribution >= 0.6 is 23.4 Å². The van der Waals surface area contributed by atoms with Gasteiger partial charge in [0.05, 0.1) is 17.2 Å². The smallest absolute Gasteiger partial charge is 0.221 e. The van der Waals surface area contributed by atoms with Crippen molar-refractivity contribution in [2.45, 2.75) is 25.8 Å². The van der Waals surface area contributed by atoms with E-state index in [-0.39, 0.29) is 11.9 Å². The van der Waals surface area contributed by atoms with Crippen LogP contribution in [-0.4, -0.2) is 21.2 Å². The zero-order valence-electron chi connectivity index (χ0n) is 14.7. The van der Waals surface area contributed by atoms with Crippen molar-refractivity contribution in [1.29, 1.82) is 0 Å². The number of thioether (sulfide) groups is 1. The normalized spacial score (nSPS) is 15.2. The first-order valence-corrected chi connectivity index (χ1v) is 10.2. The monoisotopic (exact) mass is 385 g/mol. The maximum atomic E-state index is 10.8. The van der Waals surface area contributed by atoms with Crippen LogP contribution < -0.4 is 0 Å². The highest BCUT2D eigenvalue weighted by molar-refractivity contribution is 8.00. The van der Waals surface area contributed by atoms with Gasteiger partial charge in [0.15, 0.2) is 5.69 Å². The molecular weight excluding hydrogens is 366 g/mol. The predicted octanol–water partition coefficient (Wildman–Crippen LogP) is 6.83. The van der Waals surface area contributed by atoms with Crippen LogP contribution in [0.15, 0.2) is 52.7 Å². The fraction of sp³-hybridized carbons (Fsp3) is 0.300. The van der Waals surface area contributed by atoms with E-state index < -0.39 is 0 Å². The second-order valence-corrected chi connectivity index (χ2v) is 8.35. The molecule has 1 aliphatic rings. The van der Waals surface area contributed by atoms with Gasteiger partial charge in [-0.25, -0.2) is 0 Å². The van der Waals surface area contributed by atoms with Gasteiger partial charge in [0.1, 0.15) is 0 Å². The standard InChI is InChI=1S/C20H20ClN3OS/c1-12(2)13-3-6-15(7-4-13)22-23-19-17-9-14(21)5-8-18(17)24(20(19)25)16-10-26-11-16/h3-9,12,16,25H,10-11H2,1-2H3. The first-order chi connectivity index (χ1) is 12.5. The molecule has 1 aliphatic heterocycles. The van der Waals surface area contributed by atoms with E-state index in [2.05, 4.69) is 36.2 Å². The molecule has 1 saturated heterocycles. The average molecular weight is 386 g/mol. The van der Waals surface area contributed by atoms with Gasteiger partial charge >= 0.3 is 0 Å². The number of aromatic hydroxyl groups is 1. The zero-order chi connectivity index (χ0) is 18.3. The molecule has 1 fully saturated rings. The lowest BCUT2D eigenvalue weighted by atomic mass is 10.0. The highest BCUT2D eigenvalue weighted by atomic mass is 35.5. The van der Waals surface area contributed by atoms with Gasteiger partial charge in [0.2, 0.25) is 5.88 Å². The Morgan fingerprint density at radius 3 is 2.46 bits per heavy atom. The number of halogens is 1. The number of hydrogen-bond donors (Lipinski definition) is 1. The molecule has 0 radical (unpaired) electrons. The number of nitrogens with zero attached hydrogens (tertiary/aromatic N) is 3. The number of rotatable bonds is 4. The lowest BCUT2D eigenvalue weighted by molar-refractivity contribution is 0.406. The topological polar surface area (TPSA) is 49.9 Å². The van der Waals surface area contributed by atoms with Crippen molar-refractivity contribution in [3.63, 3.8) is 0 Å². The van der Waals surface area contributed by atoms with Gasteiger partial charge in [0, 0.05) is 21.9 Å². The highest BCUT2D eigenvalue weighted by Crippen LogP contribution is 2.45. The lowest BCUT2D eigenvalue weighted by Crippen LogP contribution is -2.22. The third kappa shape index (κ3) is 3.10. The molecule has 1 aromatic heterocycles. The first kappa shape index (κ1) is 17.4. The molecule has 0 unspecified atom stereocenters. The minimum atomic E-state index is 0.162. The quantitative estimate of drug-likeness (QED) is 0.500. The van der Waals surface area contributed by atoms with Crippen molar-refractivity contribution < 1.29 is 5.11 Å². The summed E-state index contributed by atoms with van der Waals surface area (Å²) in [6.07, 6.45) is 0. The molecule has 2 aromatic carbocycles. The van der Waals surface area contributed by atoms with Crippen LogP contribution in [0.4, 0.5) is 11.4 Å². The van der Waals surface area contributed by atoms with Crippen molar-refractivity contribution in [2.75, 3.05) is 11.5 Å². The van der Waals surface area contributed by atoms with Crippen molar-refractivity contribution in [3.8, 4) is 5.88 Å². The Hall–Kier alpha value is -1.98. The second-order valence-electron chi connectivity index (χ2n) is 6.84. The molecule has 3 aromatic rings. The van der Waals surface area contributed by atoms with Gasteiger partial charge in [-0.3, -0.25) is 0 Å². The van der Waals surface area contributed by atoms with E-state index in [0.29, 0.717) is 16.6 Å². The summed E-state index contributed by atoms with van der Waals surface area (Å²) in [7, 11) is 0. The van der Waals surface area contributed by atoms with E-state index in [0.717, 1.165) is 28.1 Å². The van der Waals surface area contributed by atoms with Crippen LogP contribution in [0.5, 0.6) is 5.88 Å². The molecule has 0 atom stereocenters. The highest BCUT2D eigenvalue weighted by Gasteiger charge is 2.27. The van der Waals surface area contributed by atoms with Crippen LogP contribution in [0.1, 0.15) is 31.4 Å². The van der Waals surface area contributed by atoms with Crippen molar-refractivity contribution in [1.82, 2.24) is 4.57 Å². The van der Waals surface area contributed by atoms with Crippen LogP contribution in [0.2, 0.25) is 5.02 Å². The predicted molar refractivity (Wildman–Crippen MR) is 110 cm³/mol. The fourth-order valence-corrected chi connectivity index (χ4v) is 4.05. The average Bonchev–Trinajstić information content (AvgIpc) is 2.84. The minimum absolute atomic E-state index is 0.162. The summed E-state index contributed by atoms with van der Waals surface area (Å²) in [6.45, 7) is 4.32. The van der Waals surface area contributed by atoms with Gasteiger partial charge in [-0.15, -0.1) is 5.11 Å². The molecule has 134 valence electrons. The summed E-state index contributed by atoms with van der Waals surface area (Å²) in [4.78, 5) is 0. The number of aromatic nitrogens is 1. The van der Waals surface area contributed by atoms with E-state index in [9.17, 15) is 5.11 Å². The van der Waals surface area contributed by atoms with Crippen LogP contribution in [0, 0.1) is 0 Å². The van der Waals surface area contributed by atoms with Crippen LogP contribution in [0.3, 0.4) is 0 Å². The number of hydrogen-bond acceptors (Lipinski definition) is 4. The first-order valence-electron chi connectivity index (χ1n) is 8.66. The van der Waals surface area contributed by atoms with Crippen molar-refractivity contribution in [3.05, 3.63) is 53.1 Å². The van der Waals surface area contributed by atoms with Gasteiger partial charge in [-0.1, -0.05) is 37.6 Å². The Morgan fingerprint density at radius 1 is 1.12 bits per heavy atom. The number of fused-ring (bicyclic) bond motifs is 1. The Morgan fingerprint density at radius 2 is 1.85 bits per heavy atom. The molecule has 0 bridgehead atoms. The van der Waals surface area contributed by atoms with E-state index in [4.69, 9.17) is 11.6 Å². The maximum absolute atomic E-state index is 10.8. The van der Waals surface area contributed by atoms with Crippen molar-refractivity contribution in [2.24, 2.45) is 10.2 Å². The largest absolute Gasteiger partial charge is 0.493 e. The van der Waals surface area contributed by atoms with E-state index >= 15 is 0 Å². The molecule has 0 aliphatic carbocycles. The molecule has 6 heteroatoms. The van der Waals surface area contributed by atoms with Gasteiger partial charge in [-0.05, 0) is 41.8 Å². The SMILES string of the molecule is CC(C)c1ccc(N=Nc2c(O)n(C3CSC3)c3ccc(Cl)cc23)cc1. The van der Waals surface area contributed by atoms with Crippen molar-refractivity contribution >= 4 is 45.6 Å². The van der Waals surface area contributed by atoms with E-state index in [1.165, 1.54) is 5.56 Å². The van der Waals surface area contributed by atoms with E-state index in [1.807, 2.05) is 46.7 Å².